The summed E-state index contributed by atoms with van der Waals surface area (Å²) in [4.78, 5) is 67.8. The van der Waals surface area contributed by atoms with Gasteiger partial charge in [-0.2, -0.15) is 12.6 Å². The molecule has 1 aromatic carbocycles. The number of carbonyl (C=O) groups is 5. The summed E-state index contributed by atoms with van der Waals surface area (Å²) in [5, 5.41) is 25.9. The fourth-order valence-electron chi connectivity index (χ4n) is 3.22. The average molecular weight is 536 g/mol. The number of phenolic OH excluding ortho intramolecular Hbond substituents is 1. The quantitative estimate of drug-likeness (QED) is 0.117. The second-order valence-electron chi connectivity index (χ2n) is 8.13. The Balaban J connectivity index is 2.04. The lowest BCUT2D eigenvalue weighted by Crippen LogP contribution is -2.58. The lowest BCUT2D eigenvalue weighted by molar-refractivity contribution is -0.142. The summed E-state index contributed by atoms with van der Waals surface area (Å²) < 4.78 is 0. The molecule has 1 aromatic heterocycles. The lowest BCUT2D eigenvalue weighted by Gasteiger charge is -2.24. The number of primary amides is 1. The van der Waals surface area contributed by atoms with E-state index in [2.05, 4.69) is 38.5 Å². The number of aliphatic carboxylic acids is 1. The molecule has 0 bridgehead atoms. The van der Waals surface area contributed by atoms with Crippen LogP contribution in [-0.2, 0) is 36.8 Å². The van der Waals surface area contributed by atoms with Crippen LogP contribution in [0.25, 0.3) is 0 Å². The molecule has 0 saturated carbocycles. The van der Waals surface area contributed by atoms with Crippen LogP contribution in [0.5, 0.6) is 5.75 Å². The smallest absolute Gasteiger partial charge is 0.326 e. The van der Waals surface area contributed by atoms with Gasteiger partial charge in [-0.1, -0.05) is 12.1 Å². The van der Waals surface area contributed by atoms with Crippen LogP contribution in [0.4, 0.5) is 0 Å². The molecule has 0 aliphatic carbocycles. The van der Waals surface area contributed by atoms with Gasteiger partial charge >= 0.3 is 5.97 Å². The number of phenols is 1. The zero-order valence-electron chi connectivity index (χ0n) is 19.6. The number of carbonyl (C=O) groups excluding carboxylic acids is 4. The molecule has 0 aliphatic heterocycles. The average Bonchev–Trinajstić information content (AvgIpc) is 3.35. The minimum atomic E-state index is -1.44. The maximum absolute atomic E-state index is 12.8. The summed E-state index contributed by atoms with van der Waals surface area (Å²) in [6, 6.07) is 0.583. The molecule has 0 aliphatic rings. The number of imidazole rings is 1. The maximum atomic E-state index is 12.8. The third-order valence-corrected chi connectivity index (χ3v) is 5.54. The third kappa shape index (κ3) is 9.46. The Morgan fingerprint density at radius 3 is 2.08 bits per heavy atom. The summed E-state index contributed by atoms with van der Waals surface area (Å²) in [5.74, 6) is -4.96. The number of nitrogens with two attached hydrogens (primary N) is 2. The van der Waals surface area contributed by atoms with Crippen LogP contribution in [0.15, 0.2) is 36.8 Å². The van der Waals surface area contributed by atoms with Gasteiger partial charge in [0.2, 0.25) is 23.6 Å². The Morgan fingerprint density at radius 2 is 1.54 bits per heavy atom. The third-order valence-electron chi connectivity index (χ3n) is 5.18. The Labute approximate surface area is 217 Å². The van der Waals surface area contributed by atoms with E-state index in [0.717, 1.165) is 0 Å². The molecule has 37 heavy (non-hydrogen) atoms. The van der Waals surface area contributed by atoms with Crippen LogP contribution in [0, 0.1) is 0 Å². The minimum absolute atomic E-state index is 0.00243. The second-order valence-corrected chi connectivity index (χ2v) is 8.50. The van der Waals surface area contributed by atoms with E-state index in [-0.39, 0.29) is 24.3 Å². The number of rotatable bonds is 14. The Hall–Kier alpha value is -4.11. The summed E-state index contributed by atoms with van der Waals surface area (Å²) >= 11 is 4.05. The molecule has 0 saturated heterocycles. The first-order valence-corrected chi connectivity index (χ1v) is 11.7. The van der Waals surface area contributed by atoms with Crippen molar-refractivity contribution in [2.75, 3.05) is 5.75 Å². The van der Waals surface area contributed by atoms with Gasteiger partial charge in [0.15, 0.2) is 0 Å². The number of H-pyrrole nitrogens is 1. The van der Waals surface area contributed by atoms with Gasteiger partial charge in [0.25, 0.3) is 0 Å². The number of thiol groups is 1. The van der Waals surface area contributed by atoms with Gasteiger partial charge in [-0.25, -0.2) is 9.78 Å². The number of benzene rings is 1. The van der Waals surface area contributed by atoms with Crippen LogP contribution < -0.4 is 27.4 Å². The molecule has 15 heteroatoms. The van der Waals surface area contributed by atoms with Crippen LogP contribution in [0.1, 0.15) is 17.7 Å². The maximum Gasteiger partial charge on any atom is 0.326 e. The van der Waals surface area contributed by atoms with E-state index in [4.69, 9.17) is 11.5 Å². The van der Waals surface area contributed by atoms with Crippen molar-refractivity contribution in [3.8, 4) is 5.75 Å². The van der Waals surface area contributed by atoms with Crippen molar-refractivity contribution in [2.45, 2.75) is 43.4 Å². The number of carboxylic acid groups (broad SMARTS) is 1. The molecule has 4 unspecified atom stereocenters. The molecular formula is C22H29N7O7S. The molecular weight excluding hydrogens is 506 g/mol. The van der Waals surface area contributed by atoms with E-state index < -0.39 is 60.2 Å². The van der Waals surface area contributed by atoms with Crippen LogP contribution in [0.3, 0.4) is 0 Å². The molecule has 0 spiro atoms. The molecule has 0 radical (unpaired) electrons. The van der Waals surface area contributed by atoms with Crippen LogP contribution in [-0.4, -0.2) is 79.7 Å². The molecule has 4 atom stereocenters. The predicted octanol–water partition coefficient (Wildman–Crippen LogP) is -2.43. The summed E-state index contributed by atoms with van der Waals surface area (Å²) in [6.07, 6.45) is 2.29. The first-order valence-electron chi connectivity index (χ1n) is 11.0. The van der Waals surface area contributed by atoms with Gasteiger partial charge in [-0.3, -0.25) is 19.2 Å². The second kappa shape index (κ2) is 13.8. The number of hydrogen-bond acceptors (Lipinski definition) is 9. The first kappa shape index (κ1) is 29.1. The molecule has 200 valence electrons. The fraction of sp³-hybridized carbons (Fsp3) is 0.364. The summed E-state index contributed by atoms with van der Waals surface area (Å²) in [7, 11) is 0. The molecule has 14 nitrogen and oxygen atoms in total. The van der Waals surface area contributed by atoms with Crippen molar-refractivity contribution in [1.82, 2.24) is 25.9 Å². The standard InChI is InChI=1S/C22H29N7O7S/c23-14(6-12-8-25-10-26-12)19(32)27-15(7-18(24)31)20(33)29-17(9-37)21(34)28-16(22(35)36)5-11-1-3-13(30)4-2-11/h1-4,8,10,14-17,30,37H,5-7,9,23H2,(H2,24,31)(H,25,26)(H,27,32)(H,28,34)(H,29,33)(H,35,36). The number of aromatic hydroxyl groups is 1. The van der Waals surface area contributed by atoms with Crippen molar-refractivity contribution in [2.24, 2.45) is 11.5 Å². The number of aromatic nitrogens is 2. The number of amides is 4. The summed E-state index contributed by atoms with van der Waals surface area (Å²) in [5.41, 5.74) is 12.2. The first-order chi connectivity index (χ1) is 17.5. The van der Waals surface area contributed by atoms with Gasteiger partial charge < -0.3 is 42.6 Å². The van der Waals surface area contributed by atoms with Gasteiger partial charge in [0, 0.05) is 30.5 Å². The highest BCUT2D eigenvalue weighted by molar-refractivity contribution is 7.80. The number of carboxylic acids is 1. The predicted molar refractivity (Wildman–Crippen MR) is 133 cm³/mol. The van der Waals surface area contributed by atoms with Crippen LogP contribution >= 0.6 is 12.6 Å². The molecule has 0 fully saturated rings. The highest BCUT2D eigenvalue weighted by atomic mass is 32.1. The van der Waals surface area contributed by atoms with Crippen molar-refractivity contribution < 1.29 is 34.2 Å². The molecule has 1 heterocycles. The van der Waals surface area contributed by atoms with Crippen molar-refractivity contribution >= 4 is 42.2 Å². The summed E-state index contributed by atoms with van der Waals surface area (Å²) in [6.45, 7) is 0. The lowest BCUT2D eigenvalue weighted by atomic mass is 10.1. The Kier molecular flexibility index (Phi) is 10.9. The van der Waals surface area contributed by atoms with Crippen LogP contribution in [0.2, 0.25) is 0 Å². The highest BCUT2D eigenvalue weighted by Crippen LogP contribution is 2.11. The van der Waals surface area contributed by atoms with E-state index in [9.17, 15) is 34.2 Å². The zero-order valence-corrected chi connectivity index (χ0v) is 20.5. The fourth-order valence-corrected chi connectivity index (χ4v) is 3.48. The van der Waals surface area contributed by atoms with Crippen molar-refractivity contribution in [3.63, 3.8) is 0 Å². The number of nitrogens with one attached hydrogen (secondary N) is 4. The molecule has 4 amide bonds. The Bertz CT molecular complexity index is 1100. The van der Waals surface area contributed by atoms with Gasteiger partial charge in [0.05, 0.1) is 18.8 Å². The van der Waals surface area contributed by atoms with Gasteiger partial charge in [-0.15, -0.1) is 0 Å². The molecule has 2 aromatic rings. The minimum Gasteiger partial charge on any atom is -0.508 e. The largest absolute Gasteiger partial charge is 0.508 e. The van der Waals surface area contributed by atoms with Crippen molar-refractivity contribution in [1.29, 1.82) is 0 Å². The topological polar surface area (TPSA) is 243 Å². The SMILES string of the molecule is NC(=O)CC(NC(=O)C(N)Cc1cnc[nH]1)C(=O)NC(CS)C(=O)NC(Cc1ccc(O)cc1)C(=O)O. The van der Waals surface area contributed by atoms with Gasteiger partial charge in [0.1, 0.15) is 23.9 Å². The molecule has 10 N–H and O–H groups in total. The monoisotopic (exact) mass is 535 g/mol. The van der Waals surface area contributed by atoms with E-state index in [0.29, 0.717) is 11.3 Å². The van der Waals surface area contributed by atoms with Gasteiger partial charge in [-0.05, 0) is 17.7 Å². The van der Waals surface area contributed by atoms with E-state index in [1.807, 2.05) is 0 Å². The molecule has 2 rings (SSSR count). The number of aromatic amines is 1. The number of hydrogen-bond donors (Lipinski definition) is 9. The van der Waals surface area contributed by atoms with E-state index >= 15 is 0 Å². The highest BCUT2D eigenvalue weighted by Gasteiger charge is 2.30. The van der Waals surface area contributed by atoms with E-state index in [1.54, 1.807) is 0 Å². The Morgan fingerprint density at radius 1 is 0.946 bits per heavy atom. The van der Waals surface area contributed by atoms with Crippen molar-refractivity contribution in [3.05, 3.63) is 48.0 Å². The normalized spacial score (nSPS) is 14.0. The zero-order chi connectivity index (χ0) is 27.5. The van der Waals surface area contributed by atoms with E-state index in [1.165, 1.54) is 36.8 Å². The number of nitrogens with zero attached hydrogens (tertiary/aromatic N) is 1.